The number of halogens is 2. The molecule has 1 aromatic rings. The number of nitrogens with one attached hydrogen (secondary N) is 1. The van der Waals surface area contributed by atoms with Gasteiger partial charge in [-0.2, -0.15) is 0 Å². The fraction of sp³-hybridized carbons (Fsp3) is 0.417. The number of rotatable bonds is 4. The highest BCUT2D eigenvalue weighted by Crippen LogP contribution is 2.21. The molecule has 0 fully saturated rings. The van der Waals surface area contributed by atoms with Crippen molar-refractivity contribution >= 4 is 33.4 Å². The Labute approximate surface area is 114 Å². The van der Waals surface area contributed by atoms with Crippen LogP contribution in [-0.2, 0) is 0 Å². The summed E-state index contributed by atoms with van der Waals surface area (Å²) in [5.41, 5.74) is 0.243. The second kappa shape index (κ2) is 6.26. The third kappa shape index (κ3) is 4.21. The van der Waals surface area contributed by atoms with Crippen LogP contribution in [-0.4, -0.2) is 22.9 Å². The molecule has 1 rings (SSSR count). The summed E-state index contributed by atoms with van der Waals surface area (Å²) >= 11 is 9.28. The van der Waals surface area contributed by atoms with E-state index in [1.54, 1.807) is 12.1 Å². The van der Waals surface area contributed by atoms with Gasteiger partial charge in [0.15, 0.2) is 0 Å². The number of amides is 1. The fourth-order valence-corrected chi connectivity index (χ4v) is 1.65. The van der Waals surface area contributed by atoms with E-state index in [1.807, 2.05) is 13.8 Å². The minimum Gasteiger partial charge on any atom is -0.507 e. The van der Waals surface area contributed by atoms with Crippen molar-refractivity contribution in [1.82, 2.24) is 5.32 Å². The normalized spacial score (nSPS) is 12.5. The van der Waals surface area contributed by atoms with E-state index in [0.29, 0.717) is 6.54 Å². The van der Waals surface area contributed by atoms with Gasteiger partial charge in [0.2, 0.25) is 0 Å². The second-order valence-electron chi connectivity index (χ2n) is 4.13. The maximum Gasteiger partial charge on any atom is 0.255 e. The first-order valence-electron chi connectivity index (χ1n) is 5.32. The number of phenols is 1. The molecule has 5 heteroatoms. The summed E-state index contributed by atoms with van der Waals surface area (Å²) in [6, 6.07) is 4.72. The maximum absolute atomic E-state index is 11.8. The van der Waals surface area contributed by atoms with Gasteiger partial charge in [0.1, 0.15) is 5.75 Å². The van der Waals surface area contributed by atoms with Crippen LogP contribution in [0.2, 0.25) is 0 Å². The molecule has 0 saturated carbocycles. The molecule has 1 unspecified atom stereocenters. The largest absolute Gasteiger partial charge is 0.507 e. The van der Waals surface area contributed by atoms with Crippen LogP contribution in [0.15, 0.2) is 22.7 Å². The van der Waals surface area contributed by atoms with Gasteiger partial charge in [0.25, 0.3) is 5.91 Å². The second-order valence-corrected chi connectivity index (χ2v) is 5.61. The predicted molar refractivity (Wildman–Crippen MR) is 72.6 cm³/mol. The first-order valence-corrected chi connectivity index (χ1v) is 6.55. The zero-order chi connectivity index (χ0) is 13.0. The van der Waals surface area contributed by atoms with E-state index in [1.165, 1.54) is 6.07 Å². The highest BCUT2D eigenvalue weighted by molar-refractivity contribution is 9.10. The van der Waals surface area contributed by atoms with Gasteiger partial charge in [-0.05, 0) is 24.1 Å². The van der Waals surface area contributed by atoms with Crippen LogP contribution < -0.4 is 5.32 Å². The zero-order valence-electron chi connectivity index (χ0n) is 9.71. The van der Waals surface area contributed by atoms with Crippen LogP contribution in [0.25, 0.3) is 0 Å². The first kappa shape index (κ1) is 14.3. The number of benzene rings is 1. The van der Waals surface area contributed by atoms with E-state index in [4.69, 9.17) is 11.6 Å². The van der Waals surface area contributed by atoms with Crippen LogP contribution >= 0.6 is 27.5 Å². The first-order chi connectivity index (χ1) is 7.91. The van der Waals surface area contributed by atoms with E-state index < -0.39 is 0 Å². The average Bonchev–Trinajstić information content (AvgIpc) is 2.28. The summed E-state index contributed by atoms with van der Waals surface area (Å²) in [5, 5.41) is 12.1. The molecule has 0 spiro atoms. The van der Waals surface area contributed by atoms with Crippen LogP contribution in [0.5, 0.6) is 5.75 Å². The molecule has 0 bridgehead atoms. The molecule has 1 atom stereocenters. The van der Waals surface area contributed by atoms with Crippen molar-refractivity contribution in [3.8, 4) is 5.75 Å². The molecule has 0 radical (unpaired) electrons. The van der Waals surface area contributed by atoms with Gasteiger partial charge in [0.05, 0.1) is 10.9 Å². The standard InChI is InChI=1S/C12H15BrClNO2/c1-7(2)10(14)6-15-12(17)9-5-8(13)3-4-11(9)16/h3-5,7,10,16H,6H2,1-2H3,(H,15,17). The van der Waals surface area contributed by atoms with Gasteiger partial charge in [-0.15, -0.1) is 11.6 Å². The molecule has 0 aliphatic carbocycles. The number of carbonyl (C=O) groups is 1. The Morgan fingerprint density at radius 3 is 2.76 bits per heavy atom. The van der Waals surface area contributed by atoms with Crippen molar-refractivity contribution in [2.75, 3.05) is 6.54 Å². The summed E-state index contributed by atoms with van der Waals surface area (Å²) in [6.07, 6.45) is 0. The molecular weight excluding hydrogens is 305 g/mol. The maximum atomic E-state index is 11.8. The smallest absolute Gasteiger partial charge is 0.255 e. The quantitative estimate of drug-likeness (QED) is 0.837. The molecule has 2 N–H and O–H groups in total. The Balaban J connectivity index is 2.67. The van der Waals surface area contributed by atoms with Crippen molar-refractivity contribution in [3.05, 3.63) is 28.2 Å². The van der Waals surface area contributed by atoms with Crippen molar-refractivity contribution in [3.63, 3.8) is 0 Å². The van der Waals surface area contributed by atoms with Gasteiger partial charge in [-0.25, -0.2) is 0 Å². The Kier molecular flexibility index (Phi) is 5.28. The van der Waals surface area contributed by atoms with Crippen molar-refractivity contribution < 1.29 is 9.90 Å². The van der Waals surface area contributed by atoms with Gasteiger partial charge >= 0.3 is 0 Å². The molecule has 0 saturated heterocycles. The SMILES string of the molecule is CC(C)C(Cl)CNC(=O)c1cc(Br)ccc1O. The third-order valence-corrected chi connectivity index (χ3v) is 3.54. The molecule has 17 heavy (non-hydrogen) atoms. The lowest BCUT2D eigenvalue weighted by molar-refractivity contribution is 0.0949. The highest BCUT2D eigenvalue weighted by atomic mass is 79.9. The summed E-state index contributed by atoms with van der Waals surface area (Å²) < 4.78 is 0.742. The Morgan fingerprint density at radius 1 is 1.53 bits per heavy atom. The topological polar surface area (TPSA) is 49.3 Å². The van der Waals surface area contributed by atoms with E-state index in [-0.39, 0.29) is 28.5 Å². The van der Waals surface area contributed by atoms with E-state index in [2.05, 4.69) is 21.2 Å². The van der Waals surface area contributed by atoms with E-state index in [0.717, 1.165) is 4.47 Å². The summed E-state index contributed by atoms with van der Waals surface area (Å²) in [6.45, 7) is 4.35. The third-order valence-electron chi connectivity index (χ3n) is 2.38. The van der Waals surface area contributed by atoms with Crippen molar-refractivity contribution in [1.29, 1.82) is 0 Å². The van der Waals surface area contributed by atoms with Crippen LogP contribution in [0.3, 0.4) is 0 Å². The Hall–Kier alpha value is -0.740. The van der Waals surface area contributed by atoms with Crippen molar-refractivity contribution in [2.24, 2.45) is 5.92 Å². The molecular formula is C12H15BrClNO2. The zero-order valence-corrected chi connectivity index (χ0v) is 12.0. The number of carbonyl (C=O) groups excluding carboxylic acids is 1. The number of aromatic hydroxyl groups is 1. The van der Waals surface area contributed by atoms with Gasteiger partial charge in [-0.1, -0.05) is 29.8 Å². The van der Waals surface area contributed by atoms with Gasteiger partial charge in [0, 0.05) is 11.0 Å². The molecule has 0 aromatic heterocycles. The Bertz CT molecular complexity index is 409. The minimum absolute atomic E-state index is 0.0404. The molecule has 0 aliphatic rings. The number of hydrogen-bond donors (Lipinski definition) is 2. The lowest BCUT2D eigenvalue weighted by Gasteiger charge is -2.14. The Morgan fingerprint density at radius 2 is 2.18 bits per heavy atom. The van der Waals surface area contributed by atoms with Gasteiger partial charge in [-0.3, -0.25) is 4.79 Å². The summed E-state index contributed by atoms with van der Waals surface area (Å²) in [4.78, 5) is 11.8. The molecule has 3 nitrogen and oxygen atoms in total. The highest BCUT2D eigenvalue weighted by Gasteiger charge is 2.14. The lowest BCUT2D eigenvalue weighted by atomic mass is 10.1. The molecule has 0 heterocycles. The summed E-state index contributed by atoms with van der Waals surface area (Å²) in [5.74, 6) is -0.0791. The van der Waals surface area contributed by atoms with Crippen molar-refractivity contribution in [2.45, 2.75) is 19.2 Å². The van der Waals surface area contributed by atoms with Crippen LogP contribution in [0.4, 0.5) is 0 Å². The average molecular weight is 321 g/mol. The monoisotopic (exact) mass is 319 g/mol. The molecule has 94 valence electrons. The predicted octanol–water partition coefficient (Wildman–Crippen LogP) is 3.15. The number of hydrogen-bond acceptors (Lipinski definition) is 2. The fourth-order valence-electron chi connectivity index (χ4n) is 1.21. The van der Waals surface area contributed by atoms with Gasteiger partial charge < -0.3 is 10.4 Å². The van der Waals surface area contributed by atoms with Crippen LogP contribution in [0.1, 0.15) is 24.2 Å². The lowest BCUT2D eigenvalue weighted by Crippen LogP contribution is -2.32. The summed E-state index contributed by atoms with van der Waals surface area (Å²) in [7, 11) is 0. The molecule has 1 aromatic carbocycles. The molecule has 0 aliphatic heterocycles. The van der Waals surface area contributed by atoms with E-state index in [9.17, 15) is 9.90 Å². The number of phenolic OH excluding ortho intramolecular Hbond substituents is 1. The van der Waals surface area contributed by atoms with E-state index >= 15 is 0 Å². The van der Waals surface area contributed by atoms with Crippen LogP contribution in [0, 0.1) is 5.92 Å². The number of alkyl halides is 1. The molecule has 1 amide bonds. The minimum atomic E-state index is -0.324.